The Hall–Kier alpha value is -2.30. The van der Waals surface area contributed by atoms with E-state index in [1.165, 1.54) is 0 Å². The van der Waals surface area contributed by atoms with Crippen LogP contribution in [0, 0.1) is 23.2 Å². The maximum atomic E-state index is 12.3. The summed E-state index contributed by atoms with van der Waals surface area (Å²) in [5.41, 5.74) is 1.43. The van der Waals surface area contributed by atoms with Crippen LogP contribution >= 0.6 is 0 Å². The van der Waals surface area contributed by atoms with E-state index in [0.717, 1.165) is 25.7 Å². The van der Waals surface area contributed by atoms with Gasteiger partial charge in [-0.3, -0.25) is 0 Å². The SMILES string of the molecule is C=C1C(=O)O[C@@H]2C[C@]3(C)C(CCC(C)OC(=O)c4ccc(OC)cc4)[C@@H]3C[C@H]12. The summed E-state index contributed by atoms with van der Waals surface area (Å²) in [6.45, 7) is 8.19. The highest BCUT2D eigenvalue weighted by Gasteiger charge is 2.66. The summed E-state index contributed by atoms with van der Waals surface area (Å²) in [5, 5.41) is 0. The fourth-order valence-electron chi connectivity index (χ4n) is 5.34. The van der Waals surface area contributed by atoms with Crippen molar-refractivity contribution in [1.29, 1.82) is 0 Å². The number of methoxy groups -OCH3 is 1. The lowest BCUT2D eigenvalue weighted by Gasteiger charge is -2.27. The summed E-state index contributed by atoms with van der Waals surface area (Å²) in [7, 11) is 1.60. The molecule has 28 heavy (non-hydrogen) atoms. The predicted octanol–water partition coefficient (Wildman–Crippen LogP) is 4.16. The van der Waals surface area contributed by atoms with E-state index in [1.54, 1.807) is 31.4 Å². The lowest BCUT2D eigenvalue weighted by Crippen LogP contribution is -2.26. The number of esters is 2. The third kappa shape index (κ3) is 3.21. The number of hydrogen-bond acceptors (Lipinski definition) is 5. The maximum Gasteiger partial charge on any atom is 0.338 e. The molecule has 0 radical (unpaired) electrons. The van der Waals surface area contributed by atoms with E-state index >= 15 is 0 Å². The van der Waals surface area contributed by atoms with Gasteiger partial charge in [0.1, 0.15) is 11.9 Å². The molecule has 0 aromatic heterocycles. The molecule has 1 saturated heterocycles. The highest BCUT2D eigenvalue weighted by atomic mass is 16.6. The quantitative estimate of drug-likeness (QED) is 0.544. The molecule has 2 aliphatic carbocycles. The first-order chi connectivity index (χ1) is 13.3. The second-order valence-electron chi connectivity index (χ2n) is 8.76. The number of rotatable bonds is 6. The van der Waals surface area contributed by atoms with Crippen LogP contribution in [0.1, 0.15) is 49.9 Å². The molecule has 2 unspecified atom stereocenters. The largest absolute Gasteiger partial charge is 0.497 e. The minimum atomic E-state index is -0.299. The Bertz CT molecular complexity index is 798. The van der Waals surface area contributed by atoms with Crippen LogP contribution in [0.2, 0.25) is 0 Å². The monoisotopic (exact) mass is 384 g/mol. The number of ether oxygens (including phenoxy) is 3. The molecule has 1 aromatic carbocycles. The van der Waals surface area contributed by atoms with Crippen LogP contribution in [0.4, 0.5) is 0 Å². The zero-order valence-electron chi connectivity index (χ0n) is 16.8. The van der Waals surface area contributed by atoms with Crippen molar-refractivity contribution in [3.8, 4) is 5.75 Å². The third-order valence-electron chi connectivity index (χ3n) is 7.15. The highest BCUT2D eigenvalue weighted by molar-refractivity contribution is 5.91. The van der Waals surface area contributed by atoms with E-state index in [1.807, 2.05) is 6.92 Å². The van der Waals surface area contributed by atoms with Gasteiger partial charge in [0.05, 0.1) is 18.8 Å². The Labute approximate surface area is 166 Å². The van der Waals surface area contributed by atoms with Gasteiger partial charge in [0, 0.05) is 11.5 Å². The highest BCUT2D eigenvalue weighted by Crippen LogP contribution is 2.70. The lowest BCUT2D eigenvalue weighted by molar-refractivity contribution is -0.140. The zero-order chi connectivity index (χ0) is 20.1. The molecule has 150 valence electrons. The molecule has 3 fully saturated rings. The van der Waals surface area contributed by atoms with Crippen molar-refractivity contribution in [1.82, 2.24) is 0 Å². The summed E-state index contributed by atoms with van der Waals surface area (Å²) >= 11 is 0. The molecule has 0 amide bonds. The molecule has 5 nitrogen and oxygen atoms in total. The molecular formula is C23H28O5. The van der Waals surface area contributed by atoms with Crippen molar-refractivity contribution in [2.24, 2.45) is 23.2 Å². The van der Waals surface area contributed by atoms with Crippen molar-refractivity contribution in [2.45, 2.75) is 51.7 Å². The average molecular weight is 384 g/mol. The van der Waals surface area contributed by atoms with E-state index in [9.17, 15) is 9.59 Å². The van der Waals surface area contributed by atoms with Crippen molar-refractivity contribution in [3.63, 3.8) is 0 Å². The Morgan fingerprint density at radius 2 is 2.07 bits per heavy atom. The van der Waals surface area contributed by atoms with Gasteiger partial charge in [-0.2, -0.15) is 0 Å². The van der Waals surface area contributed by atoms with Crippen LogP contribution in [-0.2, 0) is 14.3 Å². The van der Waals surface area contributed by atoms with Crippen LogP contribution in [-0.4, -0.2) is 31.3 Å². The maximum absolute atomic E-state index is 12.3. The number of benzene rings is 1. The molecule has 3 aliphatic rings. The Balaban J connectivity index is 1.28. The van der Waals surface area contributed by atoms with Gasteiger partial charge < -0.3 is 14.2 Å². The Kier molecular flexibility index (Phi) is 4.72. The lowest BCUT2D eigenvalue weighted by atomic mass is 9.79. The van der Waals surface area contributed by atoms with E-state index in [2.05, 4.69) is 13.5 Å². The standard InChI is InChI=1S/C23H28O5/c1-13(27-22(25)15-6-8-16(26-4)9-7-15)5-10-18-19-11-17-14(2)21(24)28-20(17)12-23(18,19)3/h6-9,13,17-20H,2,5,10-12H2,1,3-4H3/t13?,17-,18?,19+,20-,23-/m1/s1. The van der Waals surface area contributed by atoms with Crippen molar-refractivity contribution in [3.05, 3.63) is 42.0 Å². The smallest absolute Gasteiger partial charge is 0.338 e. The molecular weight excluding hydrogens is 356 g/mol. The molecule has 5 heteroatoms. The van der Waals surface area contributed by atoms with Gasteiger partial charge in [0.15, 0.2) is 0 Å². The Morgan fingerprint density at radius 1 is 1.36 bits per heavy atom. The molecule has 4 rings (SSSR count). The van der Waals surface area contributed by atoms with Crippen molar-refractivity contribution < 1.29 is 23.8 Å². The van der Waals surface area contributed by atoms with Gasteiger partial charge in [0.2, 0.25) is 0 Å². The summed E-state index contributed by atoms with van der Waals surface area (Å²) in [6.07, 6.45) is 3.67. The second-order valence-corrected chi connectivity index (χ2v) is 8.76. The number of hydrogen-bond donors (Lipinski definition) is 0. The number of fused-ring (bicyclic) bond motifs is 2. The summed E-state index contributed by atoms with van der Waals surface area (Å²) in [4.78, 5) is 24.0. The molecule has 1 aliphatic heterocycles. The van der Waals surface area contributed by atoms with Crippen LogP contribution in [0.5, 0.6) is 5.75 Å². The van der Waals surface area contributed by atoms with E-state index in [-0.39, 0.29) is 35.5 Å². The van der Waals surface area contributed by atoms with E-state index in [0.29, 0.717) is 28.7 Å². The second kappa shape index (κ2) is 6.94. The van der Waals surface area contributed by atoms with Crippen LogP contribution in [0.15, 0.2) is 36.4 Å². The normalized spacial score (nSPS) is 34.1. The molecule has 1 aromatic rings. The van der Waals surface area contributed by atoms with Gasteiger partial charge in [-0.25, -0.2) is 9.59 Å². The van der Waals surface area contributed by atoms with Gasteiger partial charge in [-0.05, 0) is 74.1 Å². The number of carbonyl (C=O) groups is 2. The minimum Gasteiger partial charge on any atom is -0.497 e. The van der Waals surface area contributed by atoms with Crippen molar-refractivity contribution >= 4 is 11.9 Å². The molecule has 0 N–H and O–H groups in total. The van der Waals surface area contributed by atoms with Gasteiger partial charge in [0.25, 0.3) is 0 Å². The molecule has 6 atom stereocenters. The third-order valence-corrected chi connectivity index (χ3v) is 7.15. The topological polar surface area (TPSA) is 61.8 Å². The first-order valence-corrected chi connectivity index (χ1v) is 10.1. The van der Waals surface area contributed by atoms with Crippen LogP contribution < -0.4 is 4.74 Å². The van der Waals surface area contributed by atoms with Gasteiger partial charge in [-0.1, -0.05) is 13.5 Å². The molecule has 0 spiro atoms. The van der Waals surface area contributed by atoms with Crippen LogP contribution in [0.3, 0.4) is 0 Å². The summed E-state index contributed by atoms with van der Waals surface area (Å²) in [5.74, 6) is 1.62. The van der Waals surface area contributed by atoms with Gasteiger partial charge in [-0.15, -0.1) is 0 Å². The number of carbonyl (C=O) groups excluding carboxylic acids is 2. The summed E-state index contributed by atoms with van der Waals surface area (Å²) < 4.78 is 16.2. The fraction of sp³-hybridized carbons (Fsp3) is 0.565. The molecule has 2 saturated carbocycles. The molecule has 1 heterocycles. The van der Waals surface area contributed by atoms with Crippen LogP contribution in [0.25, 0.3) is 0 Å². The fourth-order valence-corrected chi connectivity index (χ4v) is 5.34. The predicted molar refractivity (Wildman–Crippen MR) is 104 cm³/mol. The van der Waals surface area contributed by atoms with E-state index in [4.69, 9.17) is 14.2 Å². The first-order valence-electron chi connectivity index (χ1n) is 10.1. The van der Waals surface area contributed by atoms with E-state index < -0.39 is 0 Å². The molecule has 0 bridgehead atoms. The average Bonchev–Trinajstić information content (AvgIpc) is 3.16. The van der Waals surface area contributed by atoms with Gasteiger partial charge >= 0.3 is 11.9 Å². The van der Waals surface area contributed by atoms with Crippen molar-refractivity contribution in [2.75, 3.05) is 7.11 Å². The minimum absolute atomic E-state index is 0.0107. The Morgan fingerprint density at radius 3 is 2.75 bits per heavy atom. The summed E-state index contributed by atoms with van der Waals surface area (Å²) in [6, 6.07) is 6.96. The zero-order valence-corrected chi connectivity index (χ0v) is 16.8. The first kappa shape index (κ1) is 19.0.